The minimum atomic E-state index is -0.820. The summed E-state index contributed by atoms with van der Waals surface area (Å²) >= 11 is 0. The molecule has 2 aromatic rings. The van der Waals surface area contributed by atoms with Crippen molar-refractivity contribution in [1.82, 2.24) is 0 Å². The van der Waals surface area contributed by atoms with E-state index in [1.165, 1.54) is 0 Å². The standard InChI is InChI=1S/C21H20O2/c1-3-4-6-14-20(17-10-7-5-8-11-17)19-13-9-12-18(15-19)16(2)21(22)23/h3-16H,1H2,2H3,(H,22,23). The van der Waals surface area contributed by atoms with Gasteiger partial charge in [-0.2, -0.15) is 0 Å². The Bertz CT molecular complexity index is 739. The molecule has 0 aliphatic heterocycles. The molecule has 0 heterocycles. The molecule has 2 nitrogen and oxygen atoms in total. The third kappa shape index (κ3) is 4.30. The largest absolute Gasteiger partial charge is 0.481 e. The molecule has 2 heteroatoms. The molecule has 0 bridgehead atoms. The highest BCUT2D eigenvalue weighted by Gasteiger charge is 2.14. The topological polar surface area (TPSA) is 37.3 Å². The predicted octanol–water partition coefficient (Wildman–Crippen LogP) is 5.05. The minimum Gasteiger partial charge on any atom is -0.481 e. The van der Waals surface area contributed by atoms with Gasteiger partial charge in [0.25, 0.3) is 0 Å². The maximum atomic E-state index is 11.2. The molecule has 0 fully saturated rings. The molecular weight excluding hydrogens is 284 g/mol. The van der Waals surface area contributed by atoms with Crippen LogP contribution in [-0.4, -0.2) is 11.1 Å². The van der Waals surface area contributed by atoms with Crippen LogP contribution in [0.1, 0.15) is 29.5 Å². The minimum absolute atomic E-state index is 0.532. The van der Waals surface area contributed by atoms with E-state index in [0.29, 0.717) is 0 Å². The first-order valence-electron chi connectivity index (χ1n) is 7.51. The number of carboxylic acid groups (broad SMARTS) is 1. The quantitative estimate of drug-likeness (QED) is 0.758. The van der Waals surface area contributed by atoms with Gasteiger partial charge >= 0.3 is 5.97 Å². The van der Waals surface area contributed by atoms with Crippen molar-refractivity contribution >= 4 is 11.5 Å². The summed E-state index contributed by atoms with van der Waals surface area (Å²) in [6.07, 6.45) is 7.54. The number of benzene rings is 2. The Morgan fingerprint density at radius 3 is 2.39 bits per heavy atom. The van der Waals surface area contributed by atoms with Gasteiger partial charge < -0.3 is 5.11 Å². The average Bonchev–Trinajstić information content (AvgIpc) is 2.59. The van der Waals surface area contributed by atoms with Gasteiger partial charge in [0, 0.05) is 0 Å². The van der Waals surface area contributed by atoms with Crippen LogP contribution in [0.2, 0.25) is 0 Å². The first-order valence-corrected chi connectivity index (χ1v) is 7.51. The number of carboxylic acids is 1. The summed E-state index contributed by atoms with van der Waals surface area (Å²) in [5.41, 5.74) is 3.92. The lowest BCUT2D eigenvalue weighted by atomic mass is 9.93. The molecular formula is C21H20O2. The van der Waals surface area contributed by atoms with Crippen molar-refractivity contribution < 1.29 is 9.90 Å². The fourth-order valence-electron chi connectivity index (χ4n) is 2.33. The summed E-state index contributed by atoms with van der Waals surface area (Å²) in [5, 5.41) is 9.22. The summed E-state index contributed by atoms with van der Waals surface area (Å²) < 4.78 is 0. The van der Waals surface area contributed by atoms with Gasteiger partial charge in [0.1, 0.15) is 0 Å². The van der Waals surface area contributed by atoms with Crippen LogP contribution in [0.5, 0.6) is 0 Å². The Hall–Kier alpha value is -2.87. The molecule has 0 saturated carbocycles. The Morgan fingerprint density at radius 2 is 1.74 bits per heavy atom. The second kappa shape index (κ2) is 7.95. The van der Waals surface area contributed by atoms with E-state index in [-0.39, 0.29) is 0 Å². The van der Waals surface area contributed by atoms with Crippen LogP contribution < -0.4 is 0 Å². The average molecular weight is 304 g/mol. The third-order valence-electron chi connectivity index (χ3n) is 3.66. The van der Waals surface area contributed by atoms with Crippen LogP contribution in [0, 0.1) is 0 Å². The summed E-state index contributed by atoms with van der Waals surface area (Å²) in [5.74, 6) is -1.35. The zero-order chi connectivity index (χ0) is 16.7. The Labute approximate surface area is 137 Å². The van der Waals surface area contributed by atoms with Gasteiger partial charge in [-0.3, -0.25) is 4.79 Å². The second-order valence-corrected chi connectivity index (χ2v) is 5.25. The molecule has 0 saturated heterocycles. The summed E-state index contributed by atoms with van der Waals surface area (Å²) in [4.78, 5) is 11.2. The van der Waals surface area contributed by atoms with Crippen LogP contribution in [0.3, 0.4) is 0 Å². The normalized spacial score (nSPS) is 13.0. The highest BCUT2D eigenvalue weighted by atomic mass is 16.4. The first kappa shape index (κ1) is 16.5. The van der Waals surface area contributed by atoms with Crippen molar-refractivity contribution in [3.05, 3.63) is 102 Å². The molecule has 116 valence electrons. The predicted molar refractivity (Wildman–Crippen MR) is 95.4 cm³/mol. The SMILES string of the molecule is C=CC=CC=C(c1ccccc1)c1cccc(C(C)C(=O)O)c1. The van der Waals surface area contributed by atoms with Crippen molar-refractivity contribution in [2.45, 2.75) is 12.8 Å². The van der Waals surface area contributed by atoms with E-state index < -0.39 is 11.9 Å². The van der Waals surface area contributed by atoms with Crippen LogP contribution >= 0.6 is 0 Å². The third-order valence-corrected chi connectivity index (χ3v) is 3.66. The maximum Gasteiger partial charge on any atom is 0.310 e. The van der Waals surface area contributed by atoms with Gasteiger partial charge in [-0.25, -0.2) is 0 Å². The fourth-order valence-corrected chi connectivity index (χ4v) is 2.33. The smallest absolute Gasteiger partial charge is 0.310 e. The number of carbonyl (C=O) groups is 1. The molecule has 0 aliphatic rings. The van der Waals surface area contributed by atoms with E-state index in [1.807, 2.05) is 72.8 Å². The molecule has 0 amide bonds. The molecule has 2 rings (SSSR count). The van der Waals surface area contributed by atoms with Gasteiger partial charge in [-0.1, -0.05) is 85.5 Å². The number of hydrogen-bond donors (Lipinski definition) is 1. The maximum absolute atomic E-state index is 11.2. The van der Waals surface area contributed by atoms with Crippen LogP contribution in [0.4, 0.5) is 0 Å². The van der Waals surface area contributed by atoms with E-state index in [9.17, 15) is 9.90 Å². The van der Waals surface area contributed by atoms with Crippen molar-refractivity contribution in [3.63, 3.8) is 0 Å². The van der Waals surface area contributed by atoms with Gasteiger partial charge in [0.15, 0.2) is 0 Å². The molecule has 0 spiro atoms. The Morgan fingerprint density at radius 1 is 1.04 bits per heavy atom. The van der Waals surface area contributed by atoms with Crippen molar-refractivity contribution in [2.24, 2.45) is 0 Å². The lowest BCUT2D eigenvalue weighted by molar-refractivity contribution is -0.138. The number of rotatable bonds is 6. The van der Waals surface area contributed by atoms with Gasteiger partial charge in [0.2, 0.25) is 0 Å². The van der Waals surface area contributed by atoms with Gasteiger partial charge in [-0.05, 0) is 29.2 Å². The Balaban J connectivity index is 2.50. The molecule has 1 atom stereocenters. The molecule has 23 heavy (non-hydrogen) atoms. The zero-order valence-corrected chi connectivity index (χ0v) is 13.1. The van der Waals surface area contributed by atoms with Crippen molar-refractivity contribution in [3.8, 4) is 0 Å². The number of hydrogen-bond acceptors (Lipinski definition) is 1. The molecule has 0 aromatic heterocycles. The van der Waals surface area contributed by atoms with E-state index >= 15 is 0 Å². The van der Waals surface area contributed by atoms with E-state index in [1.54, 1.807) is 13.0 Å². The highest BCUT2D eigenvalue weighted by molar-refractivity contribution is 5.82. The fraction of sp³-hybridized carbons (Fsp3) is 0.0952. The highest BCUT2D eigenvalue weighted by Crippen LogP contribution is 2.26. The van der Waals surface area contributed by atoms with Crippen LogP contribution in [0.15, 0.2) is 85.5 Å². The van der Waals surface area contributed by atoms with Crippen LogP contribution in [0.25, 0.3) is 5.57 Å². The molecule has 1 N–H and O–H groups in total. The summed E-state index contributed by atoms with van der Waals surface area (Å²) in [6.45, 7) is 5.38. The lowest BCUT2D eigenvalue weighted by Gasteiger charge is -2.12. The molecule has 0 aliphatic carbocycles. The molecule has 1 unspecified atom stereocenters. The van der Waals surface area contributed by atoms with Crippen LogP contribution in [-0.2, 0) is 4.79 Å². The van der Waals surface area contributed by atoms with Crippen molar-refractivity contribution in [1.29, 1.82) is 0 Å². The van der Waals surface area contributed by atoms with E-state index in [0.717, 1.165) is 22.3 Å². The number of allylic oxidation sites excluding steroid dienone is 4. The molecule has 2 aromatic carbocycles. The second-order valence-electron chi connectivity index (χ2n) is 5.25. The monoisotopic (exact) mass is 304 g/mol. The number of aliphatic carboxylic acids is 1. The van der Waals surface area contributed by atoms with Crippen molar-refractivity contribution in [2.75, 3.05) is 0 Å². The van der Waals surface area contributed by atoms with Gasteiger partial charge in [-0.15, -0.1) is 0 Å². The van der Waals surface area contributed by atoms with Gasteiger partial charge in [0.05, 0.1) is 5.92 Å². The zero-order valence-electron chi connectivity index (χ0n) is 13.1. The van der Waals surface area contributed by atoms with E-state index in [2.05, 4.69) is 6.58 Å². The molecule has 0 radical (unpaired) electrons. The first-order chi connectivity index (χ1) is 11.1. The van der Waals surface area contributed by atoms with E-state index in [4.69, 9.17) is 0 Å². The summed E-state index contributed by atoms with van der Waals surface area (Å²) in [7, 11) is 0. The lowest BCUT2D eigenvalue weighted by Crippen LogP contribution is -2.07. The summed E-state index contributed by atoms with van der Waals surface area (Å²) in [6, 6.07) is 17.7. The Kier molecular flexibility index (Phi) is 5.70.